The van der Waals surface area contributed by atoms with Crippen molar-refractivity contribution in [2.75, 3.05) is 59.4 Å². The van der Waals surface area contributed by atoms with Crippen molar-refractivity contribution >= 4 is 22.8 Å². The first-order valence-electron chi connectivity index (χ1n) is 17.0. The van der Waals surface area contributed by atoms with E-state index in [1.54, 1.807) is 4.90 Å². The summed E-state index contributed by atoms with van der Waals surface area (Å²) in [5.41, 5.74) is 2.66. The van der Waals surface area contributed by atoms with Crippen LogP contribution in [0.25, 0.3) is 22.3 Å². The normalized spacial score (nSPS) is 19.7. The van der Waals surface area contributed by atoms with Crippen LogP contribution in [0.5, 0.6) is 0 Å². The minimum atomic E-state index is -0.672. The second-order valence-electron chi connectivity index (χ2n) is 13.3. The molecule has 1 unspecified atom stereocenters. The summed E-state index contributed by atoms with van der Waals surface area (Å²) in [6.45, 7) is 6.25. The highest BCUT2D eigenvalue weighted by Crippen LogP contribution is 2.23. The number of carbonyl (C=O) groups excluding carboxylic acids is 2. The number of hydrogen-bond acceptors (Lipinski definition) is 6. The van der Waals surface area contributed by atoms with Gasteiger partial charge in [-0.1, -0.05) is 36.4 Å². The number of nitrogens with zero attached hydrogens (tertiary/aromatic N) is 6. The number of carbonyl (C=O) groups is 2. The summed E-state index contributed by atoms with van der Waals surface area (Å²) in [5.74, 6) is 0.518. The van der Waals surface area contributed by atoms with Crippen molar-refractivity contribution in [3.05, 3.63) is 76.8 Å². The van der Waals surface area contributed by atoms with E-state index in [0.717, 1.165) is 48.2 Å². The molecule has 248 valence electrons. The van der Waals surface area contributed by atoms with Gasteiger partial charge in [-0.15, -0.1) is 5.10 Å². The van der Waals surface area contributed by atoms with Gasteiger partial charge in [0.05, 0.1) is 6.04 Å². The number of amides is 3. The van der Waals surface area contributed by atoms with E-state index in [4.69, 9.17) is 0 Å². The first-order valence-corrected chi connectivity index (χ1v) is 17.0. The molecule has 3 amide bonds. The molecular formula is C35H45N9O3. The van der Waals surface area contributed by atoms with Crippen molar-refractivity contribution in [3.8, 4) is 11.4 Å². The number of aromatic amines is 2. The molecule has 12 nitrogen and oxygen atoms in total. The zero-order valence-electron chi connectivity index (χ0n) is 27.1. The monoisotopic (exact) mass is 639 g/mol. The number of likely N-dealkylation sites (tertiary alicyclic amines) is 2. The van der Waals surface area contributed by atoms with E-state index in [-0.39, 0.29) is 23.7 Å². The zero-order chi connectivity index (χ0) is 32.3. The lowest BCUT2D eigenvalue weighted by molar-refractivity contribution is -0.135. The van der Waals surface area contributed by atoms with Crippen LogP contribution in [-0.2, 0) is 11.2 Å². The molecule has 1 atom stereocenters. The van der Waals surface area contributed by atoms with E-state index in [2.05, 4.69) is 43.3 Å². The highest BCUT2D eigenvalue weighted by molar-refractivity contribution is 5.88. The lowest BCUT2D eigenvalue weighted by Gasteiger charge is -2.43. The molecular weight excluding hydrogens is 594 g/mol. The fraction of sp³-hybridized carbons (Fsp3) is 0.486. The number of fused-ring (bicyclic) bond motifs is 1. The molecule has 12 heteroatoms. The molecule has 4 aromatic rings. The summed E-state index contributed by atoms with van der Waals surface area (Å²) < 4.78 is 1.52. The molecule has 47 heavy (non-hydrogen) atoms. The highest BCUT2D eigenvalue weighted by atomic mass is 16.2. The molecule has 2 aromatic heterocycles. The van der Waals surface area contributed by atoms with Crippen LogP contribution in [-0.4, -0.2) is 123 Å². The summed E-state index contributed by atoms with van der Waals surface area (Å²) in [6.07, 6.45) is 5.88. The Morgan fingerprint density at radius 1 is 0.872 bits per heavy atom. The second-order valence-corrected chi connectivity index (χ2v) is 13.3. The third-order valence-corrected chi connectivity index (χ3v) is 10.3. The third kappa shape index (κ3) is 6.98. The lowest BCUT2D eigenvalue weighted by Crippen LogP contribution is -2.59. The summed E-state index contributed by atoms with van der Waals surface area (Å²) in [5, 5.41) is 8.78. The van der Waals surface area contributed by atoms with E-state index in [9.17, 15) is 14.4 Å². The average Bonchev–Trinajstić information content (AvgIpc) is 3.75. The molecule has 3 aliphatic heterocycles. The van der Waals surface area contributed by atoms with Crippen LogP contribution >= 0.6 is 0 Å². The lowest BCUT2D eigenvalue weighted by atomic mass is 10.0. The summed E-state index contributed by atoms with van der Waals surface area (Å²) in [4.78, 5) is 55.2. The van der Waals surface area contributed by atoms with Gasteiger partial charge in [0.25, 0.3) is 0 Å². The number of piperidine rings is 2. The molecule has 0 bridgehead atoms. The van der Waals surface area contributed by atoms with Crippen LogP contribution < -0.4 is 11.0 Å². The Morgan fingerprint density at radius 2 is 1.60 bits per heavy atom. The minimum Gasteiger partial charge on any atom is -0.361 e. The van der Waals surface area contributed by atoms with E-state index in [1.165, 1.54) is 17.5 Å². The van der Waals surface area contributed by atoms with Gasteiger partial charge in [0.15, 0.2) is 5.82 Å². The Hall–Kier alpha value is -4.42. The smallest absolute Gasteiger partial charge is 0.343 e. The quantitative estimate of drug-likeness (QED) is 0.286. The van der Waals surface area contributed by atoms with Crippen LogP contribution in [0.4, 0.5) is 4.79 Å². The zero-order valence-corrected chi connectivity index (χ0v) is 27.1. The Labute approximate surface area is 274 Å². The van der Waals surface area contributed by atoms with E-state index in [0.29, 0.717) is 57.3 Å². The summed E-state index contributed by atoms with van der Waals surface area (Å²) >= 11 is 0. The number of nitrogens with one attached hydrogen (secondary N) is 3. The standard InChI is InChI=1S/C35H45N9O3/c1-40-15-10-28(11-16-40)41-19-21-42(22-20-41)33(45)31(24-25-7-8-30-27(23-25)9-14-36-30)37-34(46)43-17-12-29(13-18-43)44-35(47)38-32(39-44)26-5-3-2-4-6-26/h2-9,14,23,28-29,31,36H,10-13,15-22,24H2,1H3,(H,37,46)(H,38,39,47). The molecule has 3 saturated heterocycles. The van der Waals surface area contributed by atoms with Crippen LogP contribution in [0, 0.1) is 0 Å². The summed E-state index contributed by atoms with van der Waals surface area (Å²) in [7, 11) is 2.18. The van der Waals surface area contributed by atoms with Gasteiger partial charge >= 0.3 is 11.7 Å². The fourth-order valence-corrected chi connectivity index (χ4v) is 7.42. The maximum Gasteiger partial charge on any atom is 0.343 e. The predicted octanol–water partition coefficient (Wildman–Crippen LogP) is 2.92. The SMILES string of the molecule is CN1CCC(N2CCN(C(=O)C(Cc3ccc4[nH]ccc4c3)NC(=O)N3CCC(n4nc(-c5ccccc5)[nH]c4=O)CC3)CC2)CC1. The topological polar surface area (TPSA) is 126 Å². The molecule has 7 rings (SSSR count). The minimum absolute atomic E-state index is 0.0260. The van der Waals surface area contributed by atoms with Gasteiger partial charge in [-0.2, -0.15) is 0 Å². The Kier molecular flexibility index (Phi) is 9.12. The molecule has 3 fully saturated rings. The van der Waals surface area contributed by atoms with E-state index < -0.39 is 6.04 Å². The number of benzene rings is 2. The molecule has 2 aromatic carbocycles. The Balaban J connectivity index is 1.000. The highest BCUT2D eigenvalue weighted by Gasteiger charge is 2.34. The Morgan fingerprint density at radius 3 is 2.34 bits per heavy atom. The van der Waals surface area contributed by atoms with Crippen LogP contribution in [0.2, 0.25) is 0 Å². The molecule has 0 radical (unpaired) electrons. The second kappa shape index (κ2) is 13.7. The average molecular weight is 640 g/mol. The maximum absolute atomic E-state index is 14.1. The Bertz CT molecular complexity index is 1720. The van der Waals surface area contributed by atoms with Gasteiger partial charge < -0.3 is 25.0 Å². The van der Waals surface area contributed by atoms with Crippen LogP contribution in [0.1, 0.15) is 37.3 Å². The number of urea groups is 1. The summed E-state index contributed by atoms with van der Waals surface area (Å²) in [6, 6.07) is 17.3. The van der Waals surface area contributed by atoms with Crippen LogP contribution in [0.15, 0.2) is 65.6 Å². The van der Waals surface area contributed by atoms with Gasteiger partial charge in [-0.3, -0.25) is 14.7 Å². The van der Waals surface area contributed by atoms with Gasteiger partial charge in [0.1, 0.15) is 6.04 Å². The largest absolute Gasteiger partial charge is 0.361 e. The van der Waals surface area contributed by atoms with E-state index in [1.807, 2.05) is 59.6 Å². The molecule has 0 spiro atoms. The molecule has 0 aliphatic carbocycles. The molecule has 0 saturated carbocycles. The van der Waals surface area contributed by atoms with Crippen molar-refractivity contribution in [2.45, 2.75) is 50.2 Å². The molecule has 3 N–H and O–H groups in total. The number of piperazine rings is 1. The van der Waals surface area contributed by atoms with Crippen molar-refractivity contribution in [1.29, 1.82) is 0 Å². The molecule has 5 heterocycles. The van der Waals surface area contributed by atoms with Gasteiger partial charge in [0.2, 0.25) is 5.91 Å². The van der Waals surface area contributed by atoms with Crippen LogP contribution in [0.3, 0.4) is 0 Å². The van der Waals surface area contributed by atoms with Crippen molar-refractivity contribution in [1.82, 2.24) is 44.7 Å². The predicted molar refractivity (Wildman–Crippen MR) is 181 cm³/mol. The van der Waals surface area contributed by atoms with Crippen molar-refractivity contribution < 1.29 is 9.59 Å². The number of hydrogen-bond donors (Lipinski definition) is 3. The van der Waals surface area contributed by atoms with Crippen molar-refractivity contribution in [3.63, 3.8) is 0 Å². The van der Waals surface area contributed by atoms with Crippen molar-refractivity contribution in [2.24, 2.45) is 0 Å². The van der Waals surface area contributed by atoms with Gasteiger partial charge in [-0.25, -0.2) is 14.3 Å². The number of rotatable bonds is 7. The first-order chi connectivity index (χ1) is 22.9. The first kappa shape index (κ1) is 31.2. The third-order valence-electron chi connectivity index (χ3n) is 10.3. The fourth-order valence-electron chi connectivity index (χ4n) is 7.42. The molecule has 3 aliphatic rings. The number of aromatic nitrogens is 4. The van der Waals surface area contributed by atoms with Gasteiger partial charge in [-0.05, 0) is 75.0 Å². The van der Waals surface area contributed by atoms with E-state index >= 15 is 0 Å². The number of H-pyrrole nitrogens is 2. The maximum atomic E-state index is 14.1. The van der Waals surface area contributed by atoms with Gasteiger partial charge in [0, 0.05) is 69.0 Å².